The van der Waals surface area contributed by atoms with Gasteiger partial charge in [0.1, 0.15) is 0 Å². The van der Waals surface area contributed by atoms with Gasteiger partial charge in [0, 0.05) is 6.08 Å². The molecular weight excluding hydrogens is 272 g/mol. The van der Waals surface area contributed by atoms with E-state index in [0.717, 1.165) is 18.8 Å². The topological polar surface area (TPSA) is 26.3 Å². The first-order valence-corrected chi connectivity index (χ1v) is 8.25. The molecular formula is C20H32O2. The van der Waals surface area contributed by atoms with E-state index in [1.54, 1.807) is 6.08 Å². The first kappa shape index (κ1) is 20.4. The van der Waals surface area contributed by atoms with E-state index in [4.69, 9.17) is 0 Å². The number of hydrogen-bond acceptors (Lipinski definition) is 2. The smallest absolute Gasteiger partial charge is 0.330 e. The van der Waals surface area contributed by atoms with Crippen molar-refractivity contribution in [1.29, 1.82) is 0 Å². The van der Waals surface area contributed by atoms with E-state index in [-0.39, 0.29) is 5.97 Å². The third kappa shape index (κ3) is 12.2. The van der Waals surface area contributed by atoms with Crippen molar-refractivity contribution in [2.75, 3.05) is 7.11 Å². The Morgan fingerprint density at radius 2 is 1.86 bits per heavy atom. The van der Waals surface area contributed by atoms with Crippen molar-refractivity contribution in [3.05, 3.63) is 48.1 Å². The molecule has 2 atom stereocenters. The lowest BCUT2D eigenvalue weighted by molar-refractivity contribution is -0.134. The summed E-state index contributed by atoms with van der Waals surface area (Å²) < 4.78 is 4.52. The highest BCUT2D eigenvalue weighted by atomic mass is 16.5. The Bertz CT molecular complexity index is 413. The van der Waals surface area contributed by atoms with E-state index in [0.29, 0.717) is 5.92 Å². The van der Waals surface area contributed by atoms with E-state index in [1.807, 2.05) is 6.08 Å². The van der Waals surface area contributed by atoms with E-state index in [1.165, 1.54) is 31.6 Å². The molecule has 0 aliphatic rings. The molecule has 0 radical (unpaired) electrons. The second-order valence-corrected chi connectivity index (χ2v) is 5.93. The molecule has 0 N–H and O–H groups in total. The summed E-state index contributed by atoms with van der Waals surface area (Å²) in [5, 5.41) is 0. The number of rotatable bonds is 10. The van der Waals surface area contributed by atoms with Gasteiger partial charge in [-0.25, -0.2) is 4.79 Å². The molecule has 124 valence electrons. The van der Waals surface area contributed by atoms with Crippen LogP contribution in [0, 0.1) is 11.8 Å². The summed E-state index contributed by atoms with van der Waals surface area (Å²) in [5.41, 5.74) is 1.31. The van der Waals surface area contributed by atoms with Crippen molar-refractivity contribution in [2.24, 2.45) is 11.8 Å². The Kier molecular flexibility index (Phi) is 12.2. The number of ether oxygens (including phenoxy) is 1. The predicted octanol–water partition coefficient (Wildman–Crippen LogP) is 5.63. The molecule has 2 nitrogen and oxygen atoms in total. The van der Waals surface area contributed by atoms with E-state index in [2.05, 4.69) is 56.7 Å². The Labute approximate surface area is 136 Å². The molecule has 0 heterocycles. The molecule has 0 aliphatic heterocycles. The molecule has 0 aromatic rings. The van der Waals surface area contributed by atoms with Gasteiger partial charge in [-0.15, -0.1) is 0 Å². The molecule has 0 aromatic heterocycles. The van der Waals surface area contributed by atoms with Gasteiger partial charge in [0.15, 0.2) is 0 Å². The fraction of sp³-hybridized carbons (Fsp3) is 0.550. The summed E-state index contributed by atoms with van der Waals surface area (Å²) in [6, 6.07) is 0. The van der Waals surface area contributed by atoms with Crippen molar-refractivity contribution in [3.63, 3.8) is 0 Å². The maximum Gasteiger partial charge on any atom is 0.330 e. The number of esters is 1. The summed E-state index contributed by atoms with van der Waals surface area (Å²) in [5.74, 6) is 0.981. The maximum atomic E-state index is 10.9. The van der Waals surface area contributed by atoms with Crippen LogP contribution in [0.25, 0.3) is 0 Å². The number of allylic oxidation sites excluding steroid dienone is 7. The van der Waals surface area contributed by atoms with Gasteiger partial charge < -0.3 is 4.74 Å². The van der Waals surface area contributed by atoms with Crippen LogP contribution < -0.4 is 0 Å². The summed E-state index contributed by atoms with van der Waals surface area (Å²) in [6.45, 7) is 8.90. The average molecular weight is 304 g/mol. The zero-order chi connectivity index (χ0) is 16.8. The Morgan fingerprint density at radius 1 is 1.14 bits per heavy atom. The van der Waals surface area contributed by atoms with Crippen LogP contribution in [-0.2, 0) is 9.53 Å². The van der Waals surface area contributed by atoms with Crippen LogP contribution in [0.15, 0.2) is 48.1 Å². The lowest BCUT2D eigenvalue weighted by Gasteiger charge is -2.05. The zero-order valence-electron chi connectivity index (χ0n) is 14.8. The minimum absolute atomic E-state index is 0.323. The fourth-order valence-electron chi connectivity index (χ4n) is 2.00. The van der Waals surface area contributed by atoms with Gasteiger partial charge in [0.05, 0.1) is 7.11 Å². The third-order valence-electron chi connectivity index (χ3n) is 3.64. The van der Waals surface area contributed by atoms with Gasteiger partial charge in [-0.05, 0) is 38.0 Å². The molecule has 0 aromatic carbocycles. The number of carbonyl (C=O) groups is 1. The minimum Gasteiger partial charge on any atom is -0.466 e. The zero-order valence-corrected chi connectivity index (χ0v) is 14.8. The molecule has 0 fully saturated rings. The van der Waals surface area contributed by atoms with E-state index in [9.17, 15) is 4.79 Å². The van der Waals surface area contributed by atoms with Crippen LogP contribution in [0.3, 0.4) is 0 Å². The molecule has 0 rings (SSSR count). The Balaban J connectivity index is 4.08. The maximum absolute atomic E-state index is 10.9. The second kappa shape index (κ2) is 13.1. The second-order valence-electron chi connectivity index (χ2n) is 5.93. The molecule has 0 aliphatic carbocycles. The average Bonchev–Trinajstić information content (AvgIpc) is 2.50. The largest absolute Gasteiger partial charge is 0.466 e. The highest BCUT2D eigenvalue weighted by molar-refractivity contribution is 5.82. The van der Waals surface area contributed by atoms with Gasteiger partial charge in [-0.1, -0.05) is 69.2 Å². The van der Waals surface area contributed by atoms with Crippen LogP contribution in [0.4, 0.5) is 0 Å². The van der Waals surface area contributed by atoms with Gasteiger partial charge in [-0.3, -0.25) is 0 Å². The molecule has 0 spiro atoms. The molecule has 2 heteroatoms. The third-order valence-corrected chi connectivity index (χ3v) is 3.64. The summed E-state index contributed by atoms with van der Waals surface area (Å²) in [7, 11) is 1.38. The normalized spacial score (nSPS) is 15.8. The molecule has 2 unspecified atom stereocenters. The highest BCUT2D eigenvalue weighted by Crippen LogP contribution is 2.12. The van der Waals surface area contributed by atoms with Crippen molar-refractivity contribution in [2.45, 2.75) is 53.4 Å². The first-order valence-electron chi connectivity index (χ1n) is 8.25. The minimum atomic E-state index is -0.323. The quantitative estimate of drug-likeness (QED) is 0.297. The molecule has 0 saturated carbocycles. The highest BCUT2D eigenvalue weighted by Gasteiger charge is 1.96. The Hall–Kier alpha value is -1.57. The predicted molar refractivity (Wildman–Crippen MR) is 95.7 cm³/mol. The molecule has 22 heavy (non-hydrogen) atoms. The number of hydrogen-bond donors (Lipinski definition) is 0. The summed E-state index contributed by atoms with van der Waals surface area (Å²) in [6.07, 6.45) is 18.5. The Morgan fingerprint density at radius 3 is 2.50 bits per heavy atom. The summed E-state index contributed by atoms with van der Waals surface area (Å²) in [4.78, 5) is 10.9. The van der Waals surface area contributed by atoms with E-state index >= 15 is 0 Å². The lowest BCUT2D eigenvalue weighted by Crippen LogP contribution is -1.92. The molecule has 0 saturated heterocycles. The van der Waals surface area contributed by atoms with Crippen molar-refractivity contribution in [3.8, 4) is 0 Å². The monoisotopic (exact) mass is 304 g/mol. The first-order chi connectivity index (χ1) is 10.5. The van der Waals surface area contributed by atoms with Crippen LogP contribution in [0.2, 0.25) is 0 Å². The van der Waals surface area contributed by atoms with Gasteiger partial charge in [0.25, 0.3) is 0 Å². The van der Waals surface area contributed by atoms with Crippen molar-refractivity contribution >= 4 is 5.97 Å². The summed E-state index contributed by atoms with van der Waals surface area (Å²) >= 11 is 0. The van der Waals surface area contributed by atoms with Gasteiger partial charge >= 0.3 is 5.97 Å². The van der Waals surface area contributed by atoms with Gasteiger partial charge in [0.2, 0.25) is 0 Å². The van der Waals surface area contributed by atoms with E-state index < -0.39 is 0 Å². The van der Waals surface area contributed by atoms with Crippen LogP contribution >= 0.6 is 0 Å². The van der Waals surface area contributed by atoms with Crippen LogP contribution in [0.1, 0.15) is 53.4 Å². The van der Waals surface area contributed by atoms with Crippen LogP contribution in [0.5, 0.6) is 0 Å². The number of carbonyl (C=O) groups excluding carboxylic acids is 1. The van der Waals surface area contributed by atoms with Gasteiger partial charge in [-0.2, -0.15) is 0 Å². The fourth-order valence-corrected chi connectivity index (χ4v) is 2.00. The van der Waals surface area contributed by atoms with Crippen LogP contribution in [-0.4, -0.2) is 13.1 Å². The van der Waals surface area contributed by atoms with Crippen molar-refractivity contribution in [1.82, 2.24) is 0 Å². The molecule has 0 bridgehead atoms. The van der Waals surface area contributed by atoms with Crippen molar-refractivity contribution < 1.29 is 9.53 Å². The number of methoxy groups -OCH3 is 1. The lowest BCUT2D eigenvalue weighted by atomic mass is 10.0. The standard InChI is InChI=1S/C20H32O2/c1-6-17(2)12-10-11-14-19(4)16-18(3)13-8-7-9-15-20(21)22-5/h7-9,11,14-18H,6,10,12-13H2,1-5H3/b8-7+,14-11+,15-9+,19-16+. The molecule has 0 amide bonds. The SMILES string of the molecule is CCC(C)CC/C=C/C(C)=C/C(C)C/C=C/C=C/C(=O)OC.